The molecule has 0 aliphatic heterocycles. The molecule has 0 fully saturated rings. The lowest BCUT2D eigenvalue weighted by molar-refractivity contribution is -0.113. The van der Waals surface area contributed by atoms with Gasteiger partial charge in [0.25, 0.3) is 0 Å². The average molecular weight is 449 g/mol. The second-order valence-electron chi connectivity index (χ2n) is 8.38. The number of aryl methyl sites for hydroxylation is 1. The maximum Gasteiger partial charge on any atom is 0.241 e. The fourth-order valence-corrected chi connectivity index (χ4v) is 4.60. The van der Waals surface area contributed by atoms with E-state index in [1.807, 2.05) is 24.3 Å². The van der Waals surface area contributed by atoms with Crippen LogP contribution in [-0.4, -0.2) is 26.0 Å². The Morgan fingerprint density at radius 3 is 2.55 bits per heavy atom. The third-order valence-electron chi connectivity index (χ3n) is 4.93. The Balaban J connectivity index is 1.38. The van der Waals surface area contributed by atoms with Crippen molar-refractivity contribution in [2.45, 2.75) is 38.1 Å². The highest BCUT2D eigenvalue weighted by atomic mass is 32.2. The van der Waals surface area contributed by atoms with Crippen molar-refractivity contribution in [3.63, 3.8) is 0 Å². The van der Waals surface area contributed by atoms with Crippen molar-refractivity contribution < 1.29 is 4.79 Å². The highest BCUT2D eigenvalue weighted by Gasteiger charge is 2.15. The van der Waals surface area contributed by atoms with Gasteiger partial charge in [0.1, 0.15) is 5.01 Å². The molecule has 7 heteroatoms. The molecule has 0 saturated heterocycles. The number of thioether (sulfide) groups is 1. The van der Waals surface area contributed by atoms with Gasteiger partial charge in [0.2, 0.25) is 11.9 Å². The lowest BCUT2D eigenvalue weighted by atomic mass is 9.87. The third kappa shape index (κ3) is 5.11. The minimum absolute atomic E-state index is 0.106. The predicted octanol–water partition coefficient (Wildman–Crippen LogP) is 6.09. The van der Waals surface area contributed by atoms with Crippen LogP contribution in [0.2, 0.25) is 0 Å². The molecular formula is C24H24N4OS2. The van der Waals surface area contributed by atoms with E-state index in [2.05, 4.69) is 77.7 Å². The third-order valence-corrected chi connectivity index (χ3v) is 6.60. The monoisotopic (exact) mass is 448 g/mol. The number of hydrogen-bond acceptors (Lipinski definition) is 6. The topological polar surface area (TPSA) is 67.8 Å². The molecule has 1 amide bonds. The number of amides is 1. The van der Waals surface area contributed by atoms with Crippen molar-refractivity contribution >= 4 is 46.1 Å². The van der Waals surface area contributed by atoms with Gasteiger partial charge in [-0.05, 0) is 47.1 Å². The van der Waals surface area contributed by atoms with Crippen LogP contribution in [0.4, 0.5) is 5.95 Å². The van der Waals surface area contributed by atoms with Gasteiger partial charge in [-0.2, -0.15) is 9.36 Å². The van der Waals surface area contributed by atoms with Crippen LogP contribution in [0.25, 0.3) is 21.5 Å². The van der Waals surface area contributed by atoms with Gasteiger partial charge in [-0.15, -0.1) is 0 Å². The first kappa shape index (κ1) is 21.5. The zero-order chi connectivity index (χ0) is 22.0. The number of nitrogens with one attached hydrogen (secondary N) is 1. The molecule has 0 radical (unpaired) electrons. The predicted molar refractivity (Wildman–Crippen MR) is 130 cm³/mol. The lowest BCUT2D eigenvalue weighted by Crippen LogP contribution is -2.15. The van der Waals surface area contributed by atoms with Crippen molar-refractivity contribution in [2.75, 3.05) is 11.1 Å². The van der Waals surface area contributed by atoms with Crippen molar-refractivity contribution in [3.05, 3.63) is 65.7 Å². The van der Waals surface area contributed by atoms with E-state index in [1.54, 1.807) is 0 Å². The molecule has 4 aromatic rings. The van der Waals surface area contributed by atoms with Gasteiger partial charge < -0.3 is 0 Å². The van der Waals surface area contributed by atoms with Crippen molar-refractivity contribution in [1.82, 2.24) is 14.3 Å². The molecule has 0 aliphatic carbocycles. The summed E-state index contributed by atoms with van der Waals surface area (Å²) in [5.74, 6) is 0.442. The zero-order valence-corrected chi connectivity index (χ0v) is 19.6. The summed E-state index contributed by atoms with van der Waals surface area (Å²) < 4.78 is 4.29. The number of fused-ring (bicyclic) bond motifs is 1. The molecular weight excluding hydrogens is 424 g/mol. The molecule has 2 heterocycles. The Labute approximate surface area is 190 Å². The molecule has 0 spiro atoms. The highest BCUT2D eigenvalue weighted by Crippen LogP contribution is 2.28. The van der Waals surface area contributed by atoms with Gasteiger partial charge in [-0.3, -0.25) is 10.1 Å². The van der Waals surface area contributed by atoms with Crippen molar-refractivity contribution in [1.29, 1.82) is 0 Å². The standard InChI is InChI=1S/C24H24N4OS2/c1-15-13-21(25-19-8-6-5-7-18(15)19)30-14-20(29)26-23-27-22(31-28-23)16-9-11-17(12-10-16)24(2,3)4/h5-13H,14H2,1-4H3,(H,26,28,29). The van der Waals surface area contributed by atoms with Gasteiger partial charge in [0, 0.05) is 10.9 Å². The van der Waals surface area contributed by atoms with Gasteiger partial charge in [0.15, 0.2) is 0 Å². The van der Waals surface area contributed by atoms with E-state index < -0.39 is 0 Å². The first-order valence-electron chi connectivity index (χ1n) is 10.0. The van der Waals surface area contributed by atoms with Gasteiger partial charge in [0.05, 0.1) is 16.3 Å². The molecule has 31 heavy (non-hydrogen) atoms. The van der Waals surface area contributed by atoms with E-state index >= 15 is 0 Å². The first-order valence-corrected chi connectivity index (χ1v) is 11.8. The first-order chi connectivity index (χ1) is 14.8. The Morgan fingerprint density at radius 1 is 1.06 bits per heavy atom. The van der Waals surface area contributed by atoms with Crippen molar-refractivity contribution in [3.8, 4) is 10.6 Å². The molecule has 0 saturated carbocycles. The van der Waals surface area contributed by atoms with Crippen LogP contribution in [0.5, 0.6) is 0 Å². The van der Waals surface area contributed by atoms with Gasteiger partial charge in [-0.25, -0.2) is 4.98 Å². The summed E-state index contributed by atoms with van der Waals surface area (Å²) in [7, 11) is 0. The minimum atomic E-state index is -0.148. The molecule has 0 bridgehead atoms. The average Bonchev–Trinajstić information content (AvgIpc) is 3.20. The largest absolute Gasteiger partial charge is 0.293 e. The SMILES string of the molecule is Cc1cc(SCC(=O)Nc2nsc(-c3ccc(C(C)(C)C)cc3)n2)nc2ccccc12. The van der Waals surface area contributed by atoms with Gasteiger partial charge in [-0.1, -0.05) is 75.0 Å². The summed E-state index contributed by atoms with van der Waals surface area (Å²) in [6, 6.07) is 18.4. The van der Waals surface area contributed by atoms with E-state index in [0.29, 0.717) is 5.95 Å². The number of carbonyl (C=O) groups excluding carboxylic acids is 1. The van der Waals surface area contributed by atoms with Crippen LogP contribution >= 0.6 is 23.3 Å². The highest BCUT2D eigenvalue weighted by molar-refractivity contribution is 7.99. The van der Waals surface area contributed by atoms with Gasteiger partial charge >= 0.3 is 0 Å². The molecule has 0 unspecified atom stereocenters. The number of carbonyl (C=O) groups is 1. The van der Waals surface area contributed by atoms with E-state index in [4.69, 9.17) is 0 Å². The van der Waals surface area contributed by atoms with Crippen LogP contribution in [0.15, 0.2) is 59.6 Å². The van der Waals surface area contributed by atoms with E-state index in [1.165, 1.54) is 28.9 Å². The molecule has 5 nitrogen and oxygen atoms in total. The zero-order valence-electron chi connectivity index (χ0n) is 18.0. The van der Waals surface area contributed by atoms with Crippen molar-refractivity contribution in [2.24, 2.45) is 0 Å². The second-order valence-corrected chi connectivity index (χ2v) is 10.1. The molecule has 0 aliphatic rings. The summed E-state index contributed by atoms with van der Waals surface area (Å²) in [5.41, 5.74) is 4.46. The molecule has 1 N–H and O–H groups in total. The van der Waals surface area contributed by atoms with Crippen LogP contribution < -0.4 is 5.32 Å². The van der Waals surface area contributed by atoms with Crippen LogP contribution in [-0.2, 0) is 10.2 Å². The maximum atomic E-state index is 12.4. The summed E-state index contributed by atoms with van der Waals surface area (Å²) in [6.45, 7) is 8.62. The smallest absolute Gasteiger partial charge is 0.241 e. The fraction of sp³-hybridized carbons (Fsp3) is 0.250. The lowest BCUT2D eigenvalue weighted by Gasteiger charge is -2.18. The summed E-state index contributed by atoms with van der Waals surface area (Å²) in [6.07, 6.45) is 0. The number of pyridine rings is 1. The number of rotatable bonds is 5. The summed E-state index contributed by atoms with van der Waals surface area (Å²) in [4.78, 5) is 21.5. The normalized spacial score (nSPS) is 11.6. The quantitative estimate of drug-likeness (QED) is 0.374. The Bertz CT molecular complexity index is 1230. The Kier molecular flexibility index (Phi) is 6.07. The molecule has 2 aromatic heterocycles. The molecule has 4 rings (SSSR count). The molecule has 158 valence electrons. The van der Waals surface area contributed by atoms with E-state index in [0.717, 1.165) is 32.1 Å². The number of anilines is 1. The van der Waals surface area contributed by atoms with E-state index in [9.17, 15) is 4.79 Å². The number of aromatic nitrogens is 3. The Hall–Kier alpha value is -2.77. The maximum absolute atomic E-state index is 12.4. The number of benzene rings is 2. The molecule has 2 aromatic carbocycles. The second kappa shape index (κ2) is 8.77. The number of para-hydroxylation sites is 1. The summed E-state index contributed by atoms with van der Waals surface area (Å²) >= 11 is 2.69. The van der Waals surface area contributed by atoms with Crippen LogP contribution in [0.3, 0.4) is 0 Å². The summed E-state index contributed by atoms with van der Waals surface area (Å²) in [5, 5.41) is 5.54. The fourth-order valence-electron chi connectivity index (χ4n) is 3.20. The number of hydrogen-bond donors (Lipinski definition) is 1. The number of nitrogens with zero attached hydrogens (tertiary/aromatic N) is 3. The molecule has 0 atom stereocenters. The van der Waals surface area contributed by atoms with Crippen LogP contribution in [0.1, 0.15) is 31.9 Å². The Morgan fingerprint density at radius 2 is 1.81 bits per heavy atom. The minimum Gasteiger partial charge on any atom is -0.293 e. The van der Waals surface area contributed by atoms with E-state index in [-0.39, 0.29) is 17.1 Å². The van der Waals surface area contributed by atoms with Crippen LogP contribution in [0, 0.1) is 6.92 Å².